The van der Waals surface area contributed by atoms with E-state index in [1.54, 1.807) is 69.6 Å². The molecule has 0 radical (unpaired) electrons. The van der Waals surface area contributed by atoms with Crippen molar-refractivity contribution in [2.24, 2.45) is 0 Å². The van der Waals surface area contributed by atoms with Crippen molar-refractivity contribution in [3.63, 3.8) is 0 Å². The molecule has 0 heterocycles. The van der Waals surface area contributed by atoms with Gasteiger partial charge in [0.15, 0.2) is 0 Å². The van der Waals surface area contributed by atoms with E-state index in [0.29, 0.717) is 0 Å². The van der Waals surface area contributed by atoms with Crippen molar-refractivity contribution in [2.75, 3.05) is 24.6 Å². The average molecular weight is 962 g/mol. The van der Waals surface area contributed by atoms with Gasteiger partial charge in [-0.3, -0.25) is 0 Å². The minimum atomic E-state index is -1.20. The normalized spacial score (nSPS) is 12.2. The van der Waals surface area contributed by atoms with Gasteiger partial charge in [-0.2, -0.15) is 0 Å². The van der Waals surface area contributed by atoms with E-state index in [-0.39, 0.29) is 0 Å². The van der Waals surface area contributed by atoms with E-state index < -0.39 is 7.26 Å². The molecule has 0 rings (SSSR count). The van der Waals surface area contributed by atoms with Gasteiger partial charge >= 0.3 is 296 Å². The Balaban J connectivity index is 4.73. The molecule has 0 spiro atoms. The van der Waals surface area contributed by atoms with Crippen molar-refractivity contribution in [1.82, 2.24) is 0 Å². The maximum atomic E-state index is 2.37. The van der Waals surface area contributed by atoms with Gasteiger partial charge in [0.2, 0.25) is 0 Å². The average Bonchev–Trinajstić information content (AvgIpc) is 3.34. The summed E-state index contributed by atoms with van der Waals surface area (Å²) in [5, 5.41) is 0. The first kappa shape index (κ1) is 67.4. The zero-order valence-corrected chi connectivity index (χ0v) is 49.3. The van der Waals surface area contributed by atoms with Crippen LogP contribution in [0.2, 0.25) is 0 Å². The molecule has 0 amide bonds. The van der Waals surface area contributed by atoms with Crippen molar-refractivity contribution in [3.05, 3.63) is 0 Å². The monoisotopic (exact) mass is 961 g/mol. The Morgan fingerprint density at radius 2 is 0.209 bits per heavy atom. The first-order chi connectivity index (χ1) is 33.2. The third-order valence-electron chi connectivity index (χ3n) is 16.7. The number of hydrogen-bond donors (Lipinski definition) is 0. The molecule has 1 heteroatoms. The van der Waals surface area contributed by atoms with Gasteiger partial charge in [0, 0.05) is 0 Å². The van der Waals surface area contributed by atoms with Crippen molar-refractivity contribution in [1.29, 1.82) is 0 Å². The van der Waals surface area contributed by atoms with Gasteiger partial charge in [0.25, 0.3) is 0 Å². The summed E-state index contributed by atoms with van der Waals surface area (Å²) in [7, 11) is -1.20. The van der Waals surface area contributed by atoms with Crippen LogP contribution >= 0.6 is 7.26 Å². The summed E-state index contributed by atoms with van der Waals surface area (Å²) < 4.78 is 0. The Labute approximate surface area is 430 Å². The van der Waals surface area contributed by atoms with Crippen LogP contribution in [0.15, 0.2) is 0 Å². The van der Waals surface area contributed by atoms with E-state index in [9.17, 15) is 0 Å². The molecule has 0 atom stereocenters. The second-order valence-corrected chi connectivity index (χ2v) is 28.6. The van der Waals surface area contributed by atoms with Gasteiger partial charge in [-0.15, -0.1) is 0 Å². The van der Waals surface area contributed by atoms with Crippen LogP contribution in [0.1, 0.15) is 400 Å². The predicted octanol–water partition coefficient (Wildman–Crippen LogP) is 25.4. The summed E-state index contributed by atoms with van der Waals surface area (Å²) in [6, 6.07) is 0. The molecule has 0 saturated heterocycles. The third-order valence-corrected chi connectivity index (χ3v) is 22.4. The Morgan fingerprint density at radius 3 is 0.313 bits per heavy atom. The van der Waals surface area contributed by atoms with Crippen LogP contribution in [0.4, 0.5) is 0 Å². The van der Waals surface area contributed by atoms with Crippen LogP contribution < -0.4 is 0 Å². The SMILES string of the molecule is CCCCCCCCCCCCCCCCCCC[PH](CCCCCCCCC)(CCCCCCCCCCCCCCCCCCC)CCCCCCCCCCCCCCCCCCC. The first-order valence-electron chi connectivity index (χ1n) is 33.2. The van der Waals surface area contributed by atoms with Crippen molar-refractivity contribution in [2.45, 2.75) is 400 Å². The smallest absolute Gasteiger partial charge is 0.0654 e. The van der Waals surface area contributed by atoms with Gasteiger partial charge in [-0.25, -0.2) is 0 Å². The van der Waals surface area contributed by atoms with Gasteiger partial charge < -0.3 is 0 Å². The summed E-state index contributed by atoms with van der Waals surface area (Å²) in [6.45, 7) is 9.36. The molecule has 0 saturated carbocycles. The number of rotatable bonds is 62. The van der Waals surface area contributed by atoms with Gasteiger partial charge in [-0.1, -0.05) is 136 Å². The Morgan fingerprint density at radius 1 is 0.119 bits per heavy atom. The van der Waals surface area contributed by atoms with E-state index in [2.05, 4.69) is 27.7 Å². The summed E-state index contributed by atoms with van der Waals surface area (Å²) in [4.78, 5) is 0. The fourth-order valence-corrected chi connectivity index (χ4v) is 17.4. The molecule has 0 N–H and O–H groups in total. The zero-order valence-electron chi connectivity index (χ0n) is 48.3. The van der Waals surface area contributed by atoms with Gasteiger partial charge in [0.1, 0.15) is 0 Å². The second kappa shape index (κ2) is 60.7. The van der Waals surface area contributed by atoms with Crippen molar-refractivity contribution < 1.29 is 0 Å². The molecule has 0 aliphatic heterocycles. The van der Waals surface area contributed by atoms with Crippen molar-refractivity contribution in [3.8, 4) is 0 Å². The molecule has 0 aromatic carbocycles. The molecular weight excluding hydrogens is 824 g/mol. The molecule has 0 nitrogen and oxygen atoms in total. The van der Waals surface area contributed by atoms with E-state index in [4.69, 9.17) is 0 Å². The fourth-order valence-electron chi connectivity index (χ4n) is 11.9. The van der Waals surface area contributed by atoms with Crippen LogP contribution in [0.3, 0.4) is 0 Å². The topological polar surface area (TPSA) is 0 Å². The van der Waals surface area contributed by atoms with Crippen LogP contribution in [0, 0.1) is 0 Å². The van der Waals surface area contributed by atoms with Crippen molar-refractivity contribution >= 4 is 7.26 Å². The summed E-state index contributed by atoms with van der Waals surface area (Å²) in [5.74, 6) is 0. The van der Waals surface area contributed by atoms with Crippen LogP contribution in [-0.2, 0) is 0 Å². The number of unbranched alkanes of at least 4 members (excludes halogenated alkanes) is 54. The Bertz CT molecular complexity index is 740. The van der Waals surface area contributed by atoms with E-state index >= 15 is 0 Å². The third kappa shape index (κ3) is 55.6. The number of hydrogen-bond acceptors (Lipinski definition) is 0. The summed E-state index contributed by atoms with van der Waals surface area (Å²) in [5.41, 5.74) is 0. The van der Waals surface area contributed by atoms with Gasteiger partial charge in [0.05, 0.1) is 0 Å². The molecule has 0 aromatic rings. The molecule has 0 aliphatic carbocycles. The molecule has 0 unspecified atom stereocenters. The summed E-state index contributed by atoms with van der Waals surface area (Å²) >= 11 is 0. The van der Waals surface area contributed by atoms with Crippen LogP contribution in [0.25, 0.3) is 0 Å². The van der Waals surface area contributed by atoms with Crippen LogP contribution in [0.5, 0.6) is 0 Å². The zero-order chi connectivity index (χ0) is 48.3. The summed E-state index contributed by atoms with van der Waals surface area (Å²) in [6.07, 6.45) is 93.5. The van der Waals surface area contributed by atoms with Crippen LogP contribution in [-0.4, -0.2) is 24.6 Å². The first-order valence-corrected chi connectivity index (χ1v) is 36.1. The second-order valence-electron chi connectivity index (χ2n) is 23.6. The molecule has 0 aromatic heterocycles. The predicted molar refractivity (Wildman–Crippen MR) is 318 cm³/mol. The molecule has 0 aliphatic rings. The molecule has 67 heavy (non-hydrogen) atoms. The minimum absolute atomic E-state index is 1.20. The molecule has 0 bridgehead atoms. The van der Waals surface area contributed by atoms with E-state index in [1.165, 1.54) is 327 Å². The standard InChI is InChI=1S/C66H137P/c1-5-9-13-17-21-24-27-30-33-36-39-42-45-48-52-56-60-64-67(63-59-55-51-20-16-12-8-4,65-61-57-53-49-46-43-40-37-34-31-28-25-22-18-14-10-6-2)66-62-58-54-50-47-44-41-38-35-32-29-26-23-19-15-11-7-3/h67H,5-66H2,1-4H3. The van der Waals surface area contributed by atoms with Gasteiger partial charge in [-0.05, 0) is 0 Å². The Hall–Kier alpha value is 0.430. The van der Waals surface area contributed by atoms with E-state index in [1.807, 2.05) is 0 Å². The molecule has 406 valence electrons. The Kier molecular flexibility index (Phi) is 61.1. The molecule has 0 fully saturated rings. The minimum Gasteiger partial charge on any atom is -0.0654 e. The fraction of sp³-hybridized carbons (Fsp3) is 1.00. The maximum absolute atomic E-state index is 2.37. The molecular formula is C66H137P. The van der Waals surface area contributed by atoms with E-state index in [0.717, 1.165) is 0 Å². The quantitative estimate of drug-likeness (QED) is 0.0421.